The van der Waals surface area contributed by atoms with E-state index in [2.05, 4.69) is 127 Å². The molecule has 4 rings (SSSR count). The molecule has 3 aromatic rings. The molecular weight excluding hydrogens is 412 g/mol. The number of benzene rings is 3. The fourth-order valence-electron chi connectivity index (χ4n) is 5.68. The number of nitrogens with zero attached hydrogens (tertiary/aromatic N) is 2. The molecule has 0 saturated carbocycles. The van der Waals surface area contributed by atoms with Crippen molar-refractivity contribution in [3.05, 3.63) is 115 Å². The first-order valence-electron chi connectivity index (χ1n) is 13.2. The van der Waals surface area contributed by atoms with Crippen molar-refractivity contribution in [3.8, 4) is 0 Å². The molecule has 2 heteroatoms. The van der Waals surface area contributed by atoms with Crippen LogP contribution >= 0.6 is 0 Å². The van der Waals surface area contributed by atoms with Gasteiger partial charge < -0.3 is 9.80 Å². The molecule has 34 heavy (non-hydrogen) atoms. The molecule has 0 radical (unpaired) electrons. The van der Waals surface area contributed by atoms with E-state index in [1.807, 2.05) is 0 Å². The van der Waals surface area contributed by atoms with Gasteiger partial charge in [-0.2, -0.15) is 0 Å². The first-order valence-corrected chi connectivity index (χ1v) is 13.2. The van der Waals surface area contributed by atoms with Crippen molar-refractivity contribution >= 4 is 5.69 Å². The lowest BCUT2D eigenvalue weighted by atomic mass is 9.78. The maximum atomic E-state index is 2.67. The maximum Gasteiger partial charge on any atom is 0.127 e. The Balaban J connectivity index is 1.79. The van der Waals surface area contributed by atoms with Gasteiger partial charge in [0, 0.05) is 37.0 Å². The third-order valence-corrected chi connectivity index (χ3v) is 7.32. The van der Waals surface area contributed by atoms with E-state index in [0.717, 1.165) is 19.4 Å². The fraction of sp³-hybridized carbons (Fsp3) is 0.375. The number of anilines is 1. The van der Waals surface area contributed by atoms with Crippen LogP contribution in [0.5, 0.6) is 0 Å². The Labute approximate surface area is 206 Å². The summed E-state index contributed by atoms with van der Waals surface area (Å²) >= 11 is 0. The van der Waals surface area contributed by atoms with Crippen molar-refractivity contribution in [3.63, 3.8) is 0 Å². The molecule has 1 aliphatic heterocycles. The topological polar surface area (TPSA) is 6.48 Å². The average molecular weight is 453 g/mol. The summed E-state index contributed by atoms with van der Waals surface area (Å²) in [4.78, 5) is 5.23. The molecule has 2 nitrogen and oxygen atoms in total. The fourth-order valence-corrected chi connectivity index (χ4v) is 5.68. The number of rotatable bonds is 12. The molecule has 0 amide bonds. The second-order valence-electron chi connectivity index (χ2n) is 9.52. The second-order valence-corrected chi connectivity index (χ2v) is 9.52. The van der Waals surface area contributed by atoms with Crippen molar-refractivity contribution in [2.75, 3.05) is 11.4 Å². The number of unbranched alkanes of at least 4 members (excludes halogenated alkanes) is 4. The van der Waals surface area contributed by atoms with Crippen LogP contribution < -0.4 is 4.90 Å². The van der Waals surface area contributed by atoms with Crippen molar-refractivity contribution in [2.45, 2.75) is 70.4 Å². The summed E-state index contributed by atoms with van der Waals surface area (Å²) in [5, 5.41) is 0. The summed E-state index contributed by atoms with van der Waals surface area (Å²) < 4.78 is 0. The van der Waals surface area contributed by atoms with E-state index < -0.39 is 0 Å². The molecule has 3 aromatic carbocycles. The highest BCUT2D eigenvalue weighted by molar-refractivity contribution is 5.56. The Hall–Kier alpha value is -3.00. The minimum absolute atomic E-state index is 0.191. The predicted molar refractivity (Wildman–Crippen MR) is 146 cm³/mol. The summed E-state index contributed by atoms with van der Waals surface area (Å²) in [6.07, 6.45) is 13.2. The molecule has 0 N–H and O–H groups in total. The van der Waals surface area contributed by atoms with Crippen LogP contribution in [0, 0.1) is 0 Å². The lowest BCUT2D eigenvalue weighted by molar-refractivity contribution is 0.125. The van der Waals surface area contributed by atoms with Gasteiger partial charge in [0.2, 0.25) is 0 Å². The Morgan fingerprint density at radius 2 is 1.29 bits per heavy atom. The van der Waals surface area contributed by atoms with Gasteiger partial charge in [-0.05, 0) is 36.1 Å². The highest BCUT2D eigenvalue weighted by Crippen LogP contribution is 2.47. The molecule has 0 aromatic heterocycles. The summed E-state index contributed by atoms with van der Waals surface area (Å²) in [6.45, 7) is 5.72. The van der Waals surface area contributed by atoms with Crippen molar-refractivity contribution in [1.29, 1.82) is 0 Å². The molecule has 0 spiro atoms. The van der Waals surface area contributed by atoms with Crippen LogP contribution in [0.3, 0.4) is 0 Å². The van der Waals surface area contributed by atoms with Crippen molar-refractivity contribution < 1.29 is 0 Å². The van der Waals surface area contributed by atoms with Crippen LogP contribution in [0.2, 0.25) is 0 Å². The normalized spacial score (nSPS) is 18.4. The predicted octanol–water partition coefficient (Wildman–Crippen LogP) is 8.38. The minimum Gasteiger partial charge on any atom is -0.352 e. The zero-order valence-corrected chi connectivity index (χ0v) is 20.9. The first kappa shape index (κ1) is 24.1. The first-order chi connectivity index (χ1) is 16.8. The van der Waals surface area contributed by atoms with Gasteiger partial charge in [0.1, 0.15) is 5.66 Å². The molecule has 178 valence electrons. The van der Waals surface area contributed by atoms with Gasteiger partial charge in [-0.15, -0.1) is 0 Å². The van der Waals surface area contributed by atoms with Crippen molar-refractivity contribution in [1.82, 2.24) is 4.90 Å². The summed E-state index contributed by atoms with van der Waals surface area (Å²) in [6, 6.07) is 33.2. The third kappa shape index (κ3) is 5.22. The second kappa shape index (κ2) is 11.9. The summed E-state index contributed by atoms with van der Waals surface area (Å²) in [5.74, 6) is 0.361. The van der Waals surface area contributed by atoms with E-state index in [9.17, 15) is 0 Å². The number of hydrogen-bond acceptors (Lipinski definition) is 2. The van der Waals surface area contributed by atoms with Crippen LogP contribution in [0.25, 0.3) is 0 Å². The van der Waals surface area contributed by atoms with E-state index in [4.69, 9.17) is 0 Å². The van der Waals surface area contributed by atoms with Crippen LogP contribution in [-0.4, -0.2) is 17.1 Å². The molecule has 0 fully saturated rings. The van der Waals surface area contributed by atoms with E-state index in [-0.39, 0.29) is 5.66 Å². The zero-order valence-electron chi connectivity index (χ0n) is 20.9. The molecule has 1 heterocycles. The average Bonchev–Trinajstić information content (AvgIpc) is 3.24. The quantitative estimate of drug-likeness (QED) is 0.255. The van der Waals surface area contributed by atoms with Gasteiger partial charge in [0.05, 0.1) is 0 Å². The largest absolute Gasteiger partial charge is 0.352 e. The summed E-state index contributed by atoms with van der Waals surface area (Å²) in [7, 11) is 0. The molecular formula is C32H40N2. The van der Waals surface area contributed by atoms with Crippen LogP contribution in [0.4, 0.5) is 5.69 Å². The number of para-hydroxylation sites is 1. The van der Waals surface area contributed by atoms with E-state index in [1.54, 1.807) is 0 Å². The molecule has 2 unspecified atom stereocenters. The molecule has 0 bridgehead atoms. The van der Waals surface area contributed by atoms with Gasteiger partial charge in [-0.25, -0.2) is 0 Å². The monoisotopic (exact) mass is 452 g/mol. The Morgan fingerprint density at radius 1 is 0.676 bits per heavy atom. The SMILES string of the molecule is CCCCCCCN1C=CN(c2ccccc2)C1(Cc1ccccc1)C(CC)c1ccccc1. The highest BCUT2D eigenvalue weighted by Gasteiger charge is 2.49. The highest BCUT2D eigenvalue weighted by atomic mass is 15.4. The van der Waals surface area contributed by atoms with E-state index >= 15 is 0 Å². The van der Waals surface area contributed by atoms with Gasteiger partial charge in [-0.3, -0.25) is 0 Å². The Kier molecular flexibility index (Phi) is 8.46. The van der Waals surface area contributed by atoms with Crippen LogP contribution in [0.1, 0.15) is 69.4 Å². The smallest absolute Gasteiger partial charge is 0.127 e. The minimum atomic E-state index is -0.191. The van der Waals surface area contributed by atoms with E-state index in [0.29, 0.717) is 5.92 Å². The third-order valence-electron chi connectivity index (χ3n) is 7.32. The van der Waals surface area contributed by atoms with Crippen LogP contribution in [0.15, 0.2) is 103 Å². The van der Waals surface area contributed by atoms with Gasteiger partial charge in [0.15, 0.2) is 0 Å². The van der Waals surface area contributed by atoms with Gasteiger partial charge in [-0.1, -0.05) is 118 Å². The zero-order chi connectivity index (χ0) is 23.6. The Bertz CT molecular complexity index is 999. The van der Waals surface area contributed by atoms with Crippen molar-refractivity contribution in [2.24, 2.45) is 0 Å². The standard InChI is InChI=1S/C32H40N2/c1-3-5-6-7-17-24-33-25-26-34(30-22-15-10-16-23-30)32(33,27-28-18-11-8-12-19-28)31(4-2)29-20-13-9-14-21-29/h8-16,18-23,25-26,31H,3-7,17,24,27H2,1-2H3. The molecule has 0 saturated heterocycles. The Morgan fingerprint density at radius 3 is 1.94 bits per heavy atom. The maximum absolute atomic E-state index is 2.67. The number of hydrogen-bond donors (Lipinski definition) is 0. The lowest BCUT2D eigenvalue weighted by Crippen LogP contribution is -2.59. The molecule has 1 aliphatic rings. The lowest BCUT2D eigenvalue weighted by Gasteiger charge is -2.51. The molecule has 2 atom stereocenters. The van der Waals surface area contributed by atoms with Crippen LogP contribution in [-0.2, 0) is 6.42 Å². The van der Waals surface area contributed by atoms with Gasteiger partial charge >= 0.3 is 0 Å². The molecule has 0 aliphatic carbocycles. The van der Waals surface area contributed by atoms with Gasteiger partial charge in [0.25, 0.3) is 0 Å². The summed E-state index contributed by atoms with van der Waals surface area (Å²) in [5.41, 5.74) is 3.88. The van der Waals surface area contributed by atoms with E-state index in [1.165, 1.54) is 48.9 Å².